The fourth-order valence-electron chi connectivity index (χ4n) is 3.84. The number of aliphatic hydroxyl groups excluding tert-OH is 1. The largest absolute Gasteiger partial charge is 0.495 e. The zero-order valence-electron chi connectivity index (χ0n) is 18.9. The van der Waals surface area contributed by atoms with Crippen LogP contribution in [0.2, 0.25) is 0 Å². The molecule has 1 saturated heterocycles. The molecule has 7 heteroatoms. The molecule has 0 amide bonds. The molecular formula is C24H36Cl2N2O3. The second-order valence-corrected chi connectivity index (χ2v) is 8.12. The first-order valence-electron chi connectivity index (χ1n) is 10.5. The van der Waals surface area contributed by atoms with Crippen molar-refractivity contribution in [2.75, 3.05) is 51.3 Å². The lowest BCUT2D eigenvalue weighted by atomic mass is 10.0. The predicted molar refractivity (Wildman–Crippen MR) is 133 cm³/mol. The summed E-state index contributed by atoms with van der Waals surface area (Å²) in [6.07, 6.45) is -0.506. The van der Waals surface area contributed by atoms with Crippen LogP contribution in [0.4, 0.5) is 5.69 Å². The van der Waals surface area contributed by atoms with Gasteiger partial charge in [-0.25, -0.2) is 0 Å². The minimum atomic E-state index is -0.506. The molecule has 0 spiro atoms. The van der Waals surface area contributed by atoms with Gasteiger partial charge in [-0.1, -0.05) is 38.1 Å². The Balaban J connectivity index is 0.00000240. The van der Waals surface area contributed by atoms with Crippen molar-refractivity contribution in [1.82, 2.24) is 4.90 Å². The van der Waals surface area contributed by atoms with Crippen LogP contribution in [-0.2, 0) is 0 Å². The Morgan fingerprint density at radius 2 is 1.65 bits per heavy atom. The Hall–Kier alpha value is -1.66. The minimum absolute atomic E-state index is 0. The third-order valence-electron chi connectivity index (χ3n) is 5.49. The van der Waals surface area contributed by atoms with Crippen molar-refractivity contribution in [2.45, 2.75) is 32.8 Å². The number of nitrogens with zero attached hydrogens (tertiary/aromatic N) is 2. The molecule has 3 rings (SSSR count). The Morgan fingerprint density at radius 3 is 2.29 bits per heavy atom. The zero-order valence-corrected chi connectivity index (χ0v) is 20.5. The number of rotatable bonds is 8. The molecule has 1 heterocycles. The minimum Gasteiger partial charge on any atom is -0.495 e. The number of halogens is 2. The monoisotopic (exact) mass is 470 g/mol. The standard InChI is InChI=1S/C24H34N2O3.2ClH/c1-18(2)21-10-9-19(3)15-24(21)29-17-20(27)16-25-11-13-26(14-12-25)22-7-5-6-8-23(22)28-4;;/h5-10,15,18,20,27H,11-14,16-17H2,1-4H3;2*1H. The number of aryl methyl sites for hydroxylation is 1. The molecule has 174 valence electrons. The quantitative estimate of drug-likeness (QED) is 0.613. The van der Waals surface area contributed by atoms with Gasteiger partial charge in [0.2, 0.25) is 0 Å². The van der Waals surface area contributed by atoms with Gasteiger partial charge in [0.05, 0.1) is 12.8 Å². The maximum Gasteiger partial charge on any atom is 0.142 e. The number of hydrogen-bond acceptors (Lipinski definition) is 5. The number of piperazine rings is 1. The van der Waals surface area contributed by atoms with Crippen LogP contribution in [0.1, 0.15) is 30.9 Å². The molecule has 2 aromatic rings. The molecule has 0 aliphatic carbocycles. The molecule has 0 aromatic heterocycles. The third kappa shape index (κ3) is 7.46. The van der Waals surface area contributed by atoms with E-state index >= 15 is 0 Å². The van der Waals surface area contributed by atoms with Crippen LogP contribution in [0.15, 0.2) is 42.5 Å². The van der Waals surface area contributed by atoms with Crippen molar-refractivity contribution in [1.29, 1.82) is 0 Å². The number of anilines is 1. The number of hydrogen-bond donors (Lipinski definition) is 1. The van der Waals surface area contributed by atoms with Crippen LogP contribution in [0.25, 0.3) is 0 Å². The van der Waals surface area contributed by atoms with E-state index in [0.29, 0.717) is 19.1 Å². The highest BCUT2D eigenvalue weighted by molar-refractivity contribution is 5.85. The number of para-hydroxylation sites is 2. The lowest BCUT2D eigenvalue weighted by molar-refractivity contribution is 0.0658. The number of benzene rings is 2. The third-order valence-corrected chi connectivity index (χ3v) is 5.49. The van der Waals surface area contributed by atoms with Crippen LogP contribution in [0.5, 0.6) is 11.5 Å². The number of aliphatic hydroxyl groups is 1. The molecule has 2 aromatic carbocycles. The topological polar surface area (TPSA) is 45.2 Å². The van der Waals surface area contributed by atoms with E-state index in [0.717, 1.165) is 43.4 Å². The molecule has 1 aliphatic heterocycles. The summed E-state index contributed by atoms with van der Waals surface area (Å²) in [5, 5.41) is 10.5. The van der Waals surface area contributed by atoms with Crippen LogP contribution < -0.4 is 14.4 Å². The second-order valence-electron chi connectivity index (χ2n) is 8.12. The maximum absolute atomic E-state index is 10.5. The van der Waals surface area contributed by atoms with E-state index in [2.05, 4.69) is 54.8 Å². The number of ether oxygens (including phenoxy) is 2. The molecule has 1 N–H and O–H groups in total. The molecule has 1 aliphatic rings. The van der Waals surface area contributed by atoms with Gasteiger partial charge in [-0.3, -0.25) is 4.90 Å². The van der Waals surface area contributed by atoms with Gasteiger partial charge in [0.1, 0.15) is 24.2 Å². The summed E-state index contributed by atoms with van der Waals surface area (Å²) < 4.78 is 11.5. The van der Waals surface area contributed by atoms with Crippen LogP contribution >= 0.6 is 24.8 Å². The first-order valence-corrected chi connectivity index (χ1v) is 10.5. The summed E-state index contributed by atoms with van der Waals surface area (Å²) in [5.41, 5.74) is 3.50. The normalized spacial score (nSPS) is 15.1. The lowest BCUT2D eigenvalue weighted by Crippen LogP contribution is -2.49. The van der Waals surface area contributed by atoms with E-state index in [9.17, 15) is 5.11 Å². The van der Waals surface area contributed by atoms with Gasteiger partial charge < -0.3 is 19.5 Å². The van der Waals surface area contributed by atoms with E-state index in [-0.39, 0.29) is 24.8 Å². The smallest absolute Gasteiger partial charge is 0.142 e. The van der Waals surface area contributed by atoms with Gasteiger partial charge in [-0.05, 0) is 42.2 Å². The van der Waals surface area contributed by atoms with Crippen molar-refractivity contribution in [3.8, 4) is 11.5 Å². The van der Waals surface area contributed by atoms with E-state index < -0.39 is 6.10 Å². The van der Waals surface area contributed by atoms with E-state index in [1.165, 1.54) is 11.1 Å². The highest BCUT2D eigenvalue weighted by atomic mass is 35.5. The highest BCUT2D eigenvalue weighted by Gasteiger charge is 2.21. The lowest BCUT2D eigenvalue weighted by Gasteiger charge is -2.37. The van der Waals surface area contributed by atoms with Gasteiger partial charge >= 0.3 is 0 Å². The molecule has 0 radical (unpaired) electrons. The van der Waals surface area contributed by atoms with Gasteiger partial charge in [0.15, 0.2) is 0 Å². The van der Waals surface area contributed by atoms with Gasteiger partial charge in [-0.15, -0.1) is 24.8 Å². The van der Waals surface area contributed by atoms with Gasteiger partial charge in [-0.2, -0.15) is 0 Å². The average Bonchev–Trinajstić information content (AvgIpc) is 2.72. The van der Waals surface area contributed by atoms with Crippen molar-refractivity contribution >= 4 is 30.5 Å². The van der Waals surface area contributed by atoms with Crippen molar-refractivity contribution in [2.24, 2.45) is 0 Å². The van der Waals surface area contributed by atoms with Crippen molar-refractivity contribution in [3.63, 3.8) is 0 Å². The fraction of sp³-hybridized carbons (Fsp3) is 0.500. The van der Waals surface area contributed by atoms with Crippen LogP contribution in [-0.4, -0.2) is 62.6 Å². The molecule has 0 saturated carbocycles. The molecule has 1 unspecified atom stereocenters. The molecule has 1 fully saturated rings. The Labute approximate surface area is 199 Å². The summed E-state index contributed by atoms with van der Waals surface area (Å²) >= 11 is 0. The predicted octanol–water partition coefficient (Wildman–Crippen LogP) is 4.53. The SMILES string of the molecule is COc1ccccc1N1CCN(CC(O)COc2cc(C)ccc2C(C)C)CC1.Cl.Cl. The fourth-order valence-corrected chi connectivity index (χ4v) is 3.84. The molecule has 5 nitrogen and oxygen atoms in total. The summed E-state index contributed by atoms with van der Waals surface area (Å²) in [6, 6.07) is 14.4. The van der Waals surface area contributed by atoms with Gasteiger partial charge in [0.25, 0.3) is 0 Å². The number of methoxy groups -OCH3 is 1. The Bertz CT molecular complexity index is 796. The van der Waals surface area contributed by atoms with E-state index in [1.807, 2.05) is 18.2 Å². The first-order chi connectivity index (χ1) is 14.0. The highest BCUT2D eigenvalue weighted by Crippen LogP contribution is 2.29. The molecular weight excluding hydrogens is 435 g/mol. The van der Waals surface area contributed by atoms with Crippen LogP contribution in [0, 0.1) is 6.92 Å². The molecule has 0 bridgehead atoms. The number of β-amino-alcohol motifs (C(OH)–C–C–N with tert-alkyl or cyclic N) is 1. The Kier molecular flexibility index (Phi) is 11.5. The summed E-state index contributed by atoms with van der Waals surface area (Å²) in [4.78, 5) is 4.65. The second kappa shape index (κ2) is 13.0. The maximum atomic E-state index is 10.5. The average molecular weight is 471 g/mol. The van der Waals surface area contributed by atoms with E-state index in [1.54, 1.807) is 7.11 Å². The molecule has 31 heavy (non-hydrogen) atoms. The van der Waals surface area contributed by atoms with Gasteiger partial charge in [0, 0.05) is 32.7 Å². The van der Waals surface area contributed by atoms with E-state index in [4.69, 9.17) is 9.47 Å². The summed E-state index contributed by atoms with van der Waals surface area (Å²) in [6.45, 7) is 11.0. The van der Waals surface area contributed by atoms with Crippen molar-refractivity contribution in [3.05, 3.63) is 53.6 Å². The molecule has 1 atom stereocenters. The summed E-state index contributed by atoms with van der Waals surface area (Å²) in [7, 11) is 1.71. The Morgan fingerprint density at radius 1 is 0.968 bits per heavy atom. The zero-order chi connectivity index (χ0) is 20.8. The van der Waals surface area contributed by atoms with Crippen molar-refractivity contribution < 1.29 is 14.6 Å². The van der Waals surface area contributed by atoms with Crippen LogP contribution in [0.3, 0.4) is 0 Å². The first kappa shape index (κ1) is 27.4. The summed E-state index contributed by atoms with van der Waals surface area (Å²) in [5.74, 6) is 2.19.